The van der Waals surface area contributed by atoms with Crippen LogP contribution in [0.15, 0.2) is 47.4 Å². The van der Waals surface area contributed by atoms with Gasteiger partial charge in [-0.2, -0.15) is 0 Å². The maximum atomic E-state index is 12.6. The molecule has 0 spiro atoms. The van der Waals surface area contributed by atoms with Gasteiger partial charge in [-0.15, -0.1) is 13.2 Å². The van der Waals surface area contributed by atoms with Crippen molar-refractivity contribution in [3.63, 3.8) is 0 Å². The fraction of sp³-hybridized carbons (Fsp3) is 0.294. The molecule has 0 aliphatic rings. The molecule has 1 N–H and O–H groups in total. The Morgan fingerprint density at radius 1 is 0.926 bits per heavy atom. The molecule has 0 aliphatic heterocycles. The second-order valence-corrected chi connectivity index (χ2v) is 6.83. The van der Waals surface area contributed by atoms with Crippen molar-refractivity contribution in [3.05, 3.63) is 42.5 Å². The van der Waals surface area contributed by atoms with Crippen LogP contribution < -0.4 is 18.9 Å². The third-order valence-corrected chi connectivity index (χ3v) is 4.56. The Morgan fingerprint density at radius 3 is 2.07 bits per heavy atom. The van der Waals surface area contributed by atoms with E-state index in [2.05, 4.69) is 9.46 Å². The van der Waals surface area contributed by atoms with E-state index in [0.717, 1.165) is 24.3 Å². The van der Waals surface area contributed by atoms with Crippen molar-refractivity contribution in [1.29, 1.82) is 0 Å². The maximum Gasteiger partial charge on any atom is 0.573 e. The van der Waals surface area contributed by atoms with E-state index < -0.39 is 22.1 Å². The van der Waals surface area contributed by atoms with Gasteiger partial charge in [0.1, 0.15) is 17.2 Å². The number of hydrogen-bond acceptors (Lipinski definition) is 5. The first-order valence-corrected chi connectivity index (χ1v) is 9.41. The van der Waals surface area contributed by atoms with Gasteiger partial charge in [0.05, 0.1) is 23.8 Å². The largest absolute Gasteiger partial charge is 0.573 e. The smallest absolute Gasteiger partial charge is 0.494 e. The van der Waals surface area contributed by atoms with Crippen LogP contribution in [0.3, 0.4) is 0 Å². The summed E-state index contributed by atoms with van der Waals surface area (Å²) in [6.07, 6.45) is -4.86. The minimum absolute atomic E-state index is 0.151. The predicted molar refractivity (Wildman–Crippen MR) is 92.7 cm³/mol. The van der Waals surface area contributed by atoms with Crippen LogP contribution in [0.4, 0.5) is 18.9 Å². The highest BCUT2D eigenvalue weighted by Crippen LogP contribution is 2.32. The van der Waals surface area contributed by atoms with Crippen molar-refractivity contribution in [2.75, 3.05) is 17.9 Å². The Morgan fingerprint density at radius 2 is 1.52 bits per heavy atom. The molecule has 2 rings (SSSR count). The summed E-state index contributed by atoms with van der Waals surface area (Å²) in [5, 5.41) is 0. The molecule has 0 bridgehead atoms. The average Bonchev–Trinajstić information content (AvgIpc) is 2.56. The SMILES string of the molecule is CCOc1ccc(OCC)c(NS(=O)(=O)c2ccc(OC(F)(F)F)cc2)c1. The molecule has 6 nitrogen and oxygen atoms in total. The lowest BCUT2D eigenvalue weighted by Gasteiger charge is -2.15. The Hall–Kier alpha value is -2.62. The summed E-state index contributed by atoms with van der Waals surface area (Å²) >= 11 is 0. The van der Waals surface area contributed by atoms with Gasteiger partial charge in [0.2, 0.25) is 0 Å². The van der Waals surface area contributed by atoms with Crippen LogP contribution in [-0.4, -0.2) is 28.0 Å². The van der Waals surface area contributed by atoms with Crippen molar-refractivity contribution in [1.82, 2.24) is 0 Å². The van der Waals surface area contributed by atoms with Crippen LogP contribution in [0.2, 0.25) is 0 Å². The normalized spacial score (nSPS) is 11.7. The lowest BCUT2D eigenvalue weighted by Crippen LogP contribution is -2.17. The van der Waals surface area contributed by atoms with Crippen LogP contribution in [0, 0.1) is 0 Å². The third kappa shape index (κ3) is 5.95. The fourth-order valence-corrected chi connectivity index (χ4v) is 3.21. The molecular weight excluding hydrogens is 387 g/mol. The molecule has 0 heterocycles. The monoisotopic (exact) mass is 405 g/mol. The van der Waals surface area contributed by atoms with Gasteiger partial charge in [-0.3, -0.25) is 4.72 Å². The number of benzene rings is 2. The highest BCUT2D eigenvalue weighted by Gasteiger charge is 2.31. The molecule has 0 saturated heterocycles. The summed E-state index contributed by atoms with van der Waals surface area (Å²) in [5.41, 5.74) is 0.151. The fourth-order valence-electron chi connectivity index (χ4n) is 2.15. The summed E-state index contributed by atoms with van der Waals surface area (Å²) in [6.45, 7) is 4.23. The predicted octanol–water partition coefficient (Wildman–Crippen LogP) is 4.18. The molecule has 2 aromatic rings. The van der Waals surface area contributed by atoms with Gasteiger partial charge in [-0.1, -0.05) is 0 Å². The molecule has 0 aliphatic carbocycles. The van der Waals surface area contributed by atoms with Gasteiger partial charge >= 0.3 is 6.36 Å². The first-order valence-electron chi connectivity index (χ1n) is 7.93. The van der Waals surface area contributed by atoms with Gasteiger partial charge in [0.15, 0.2) is 0 Å². The lowest BCUT2D eigenvalue weighted by molar-refractivity contribution is -0.274. The summed E-state index contributed by atoms with van der Waals surface area (Å²) in [7, 11) is -4.07. The highest BCUT2D eigenvalue weighted by molar-refractivity contribution is 7.92. The summed E-state index contributed by atoms with van der Waals surface area (Å²) in [5.74, 6) is 0.212. The third-order valence-electron chi connectivity index (χ3n) is 3.17. The van der Waals surface area contributed by atoms with Crippen LogP contribution in [0.25, 0.3) is 0 Å². The van der Waals surface area contributed by atoms with E-state index >= 15 is 0 Å². The second kappa shape index (κ2) is 8.38. The van der Waals surface area contributed by atoms with Crippen molar-refractivity contribution < 1.29 is 35.8 Å². The molecule has 0 unspecified atom stereocenters. The molecule has 0 fully saturated rings. The number of alkyl halides is 3. The highest BCUT2D eigenvalue weighted by atomic mass is 32.2. The van der Waals surface area contributed by atoms with E-state index in [4.69, 9.17) is 9.47 Å². The molecule has 27 heavy (non-hydrogen) atoms. The van der Waals surface area contributed by atoms with Crippen LogP contribution in [-0.2, 0) is 10.0 Å². The minimum Gasteiger partial charge on any atom is -0.494 e. The molecule has 148 valence electrons. The van der Waals surface area contributed by atoms with E-state index in [0.29, 0.717) is 24.7 Å². The first-order chi connectivity index (χ1) is 12.6. The van der Waals surface area contributed by atoms with Gasteiger partial charge in [0.25, 0.3) is 10.0 Å². The van der Waals surface area contributed by atoms with Crippen molar-refractivity contribution in [3.8, 4) is 17.2 Å². The molecular formula is C17H18F3NO5S. The molecule has 2 aromatic carbocycles. The number of sulfonamides is 1. The number of anilines is 1. The molecule has 0 saturated carbocycles. The topological polar surface area (TPSA) is 73.9 Å². The van der Waals surface area contributed by atoms with E-state index in [1.807, 2.05) is 0 Å². The van der Waals surface area contributed by atoms with Gasteiger partial charge in [-0.05, 0) is 50.2 Å². The molecule has 0 atom stereocenters. The lowest BCUT2D eigenvalue weighted by atomic mass is 10.3. The zero-order valence-corrected chi connectivity index (χ0v) is 15.4. The first kappa shape index (κ1) is 20.7. The second-order valence-electron chi connectivity index (χ2n) is 5.15. The number of halogens is 3. The van der Waals surface area contributed by atoms with Crippen molar-refractivity contribution in [2.24, 2.45) is 0 Å². The molecule has 0 amide bonds. The minimum atomic E-state index is -4.86. The van der Waals surface area contributed by atoms with Gasteiger partial charge < -0.3 is 14.2 Å². The standard InChI is InChI=1S/C17H18F3NO5S/c1-3-24-13-7-10-16(25-4-2)15(11-13)21-27(22,23)14-8-5-12(6-9-14)26-17(18,19)20/h5-11,21H,3-4H2,1-2H3. The van der Waals surface area contributed by atoms with Crippen molar-refractivity contribution in [2.45, 2.75) is 25.1 Å². The molecule has 0 aromatic heterocycles. The molecule has 10 heteroatoms. The van der Waals surface area contributed by atoms with Gasteiger partial charge in [-0.25, -0.2) is 8.42 Å². The maximum absolute atomic E-state index is 12.6. The summed E-state index contributed by atoms with van der Waals surface area (Å²) < 4.78 is 78.5. The average molecular weight is 405 g/mol. The van der Waals surface area contributed by atoms with Crippen molar-refractivity contribution >= 4 is 15.7 Å². The van der Waals surface area contributed by atoms with Crippen LogP contribution in [0.1, 0.15) is 13.8 Å². The molecule has 0 radical (unpaired) electrons. The summed E-state index contributed by atoms with van der Waals surface area (Å²) in [6, 6.07) is 8.52. The van der Waals surface area contributed by atoms with E-state index in [9.17, 15) is 21.6 Å². The number of rotatable bonds is 8. The zero-order chi connectivity index (χ0) is 20.1. The summed E-state index contributed by atoms with van der Waals surface area (Å²) in [4.78, 5) is -0.235. The Kier molecular flexibility index (Phi) is 6.42. The van der Waals surface area contributed by atoms with E-state index in [1.165, 1.54) is 6.07 Å². The Balaban J connectivity index is 2.28. The van der Waals surface area contributed by atoms with Crippen LogP contribution in [0.5, 0.6) is 17.2 Å². The number of hydrogen-bond donors (Lipinski definition) is 1. The Bertz CT molecular complexity index is 867. The quantitative estimate of drug-likeness (QED) is 0.713. The number of nitrogens with one attached hydrogen (secondary N) is 1. The van der Waals surface area contributed by atoms with E-state index in [1.54, 1.807) is 26.0 Å². The Labute approximate surface area is 154 Å². The number of ether oxygens (including phenoxy) is 3. The zero-order valence-electron chi connectivity index (χ0n) is 14.5. The van der Waals surface area contributed by atoms with Crippen LogP contribution >= 0.6 is 0 Å². The van der Waals surface area contributed by atoms with Gasteiger partial charge in [0, 0.05) is 6.07 Å². The van der Waals surface area contributed by atoms with E-state index in [-0.39, 0.29) is 10.6 Å².